The average molecular weight is 284 g/mol. The Labute approximate surface area is 121 Å². The average Bonchev–Trinajstić information content (AvgIpc) is 2.39. The molecule has 2 N–H and O–H groups in total. The fraction of sp³-hybridized carbons (Fsp3) is 0.750. The van der Waals surface area contributed by atoms with E-state index in [-0.39, 0.29) is 12.8 Å². The first-order valence-electron chi connectivity index (χ1n) is 7.64. The second kappa shape index (κ2) is 12.7. The molecule has 0 saturated heterocycles. The van der Waals surface area contributed by atoms with Gasteiger partial charge in [-0.2, -0.15) is 0 Å². The highest BCUT2D eigenvalue weighted by atomic mass is 16.4. The van der Waals surface area contributed by atoms with Gasteiger partial charge in [0, 0.05) is 12.8 Å². The van der Waals surface area contributed by atoms with Crippen LogP contribution in [-0.2, 0) is 9.59 Å². The molecule has 0 atom stereocenters. The van der Waals surface area contributed by atoms with E-state index in [0.29, 0.717) is 0 Å². The van der Waals surface area contributed by atoms with Gasteiger partial charge in [0.2, 0.25) is 0 Å². The zero-order valence-corrected chi connectivity index (χ0v) is 12.6. The lowest BCUT2D eigenvalue weighted by Crippen LogP contribution is -1.94. The van der Waals surface area contributed by atoms with Crippen LogP contribution in [0.1, 0.15) is 77.6 Å². The van der Waals surface area contributed by atoms with Gasteiger partial charge in [0.05, 0.1) is 0 Å². The second-order valence-electron chi connectivity index (χ2n) is 5.21. The Morgan fingerprint density at radius 2 is 1.05 bits per heavy atom. The Morgan fingerprint density at radius 3 is 1.40 bits per heavy atom. The van der Waals surface area contributed by atoms with Crippen LogP contribution in [0.4, 0.5) is 0 Å². The first kappa shape index (κ1) is 18.7. The van der Waals surface area contributed by atoms with Crippen LogP contribution < -0.4 is 0 Å². The topological polar surface area (TPSA) is 74.6 Å². The van der Waals surface area contributed by atoms with Gasteiger partial charge < -0.3 is 10.2 Å². The summed E-state index contributed by atoms with van der Waals surface area (Å²) in [5.41, 5.74) is 1.44. The maximum Gasteiger partial charge on any atom is 0.303 e. The predicted octanol–water partition coefficient (Wildman–Crippen LogP) is 4.39. The standard InChI is InChI=1S/C16H28O4/c1-2-14(11-7-5-9-13-16(19)20)10-6-3-4-8-12-15(17)18/h2H,3-13H2,1H3,(H,17,18)(H,19,20). The van der Waals surface area contributed by atoms with Gasteiger partial charge in [-0.3, -0.25) is 9.59 Å². The summed E-state index contributed by atoms with van der Waals surface area (Å²) in [7, 11) is 0. The SMILES string of the molecule is CC=C(CCCCCCC(=O)O)CCCCCC(=O)O. The molecule has 0 fully saturated rings. The third kappa shape index (κ3) is 13.1. The minimum absolute atomic E-state index is 0.273. The summed E-state index contributed by atoms with van der Waals surface area (Å²) < 4.78 is 0. The van der Waals surface area contributed by atoms with Crippen molar-refractivity contribution in [3.05, 3.63) is 11.6 Å². The maximum atomic E-state index is 10.4. The van der Waals surface area contributed by atoms with Gasteiger partial charge in [-0.1, -0.05) is 30.9 Å². The number of carboxylic acids is 2. The fourth-order valence-electron chi connectivity index (χ4n) is 2.20. The largest absolute Gasteiger partial charge is 0.481 e. The molecule has 0 unspecified atom stereocenters. The van der Waals surface area contributed by atoms with Gasteiger partial charge >= 0.3 is 11.9 Å². The van der Waals surface area contributed by atoms with E-state index in [4.69, 9.17) is 10.2 Å². The summed E-state index contributed by atoms with van der Waals surface area (Å²) >= 11 is 0. The zero-order valence-electron chi connectivity index (χ0n) is 12.6. The number of hydrogen-bond donors (Lipinski definition) is 2. The van der Waals surface area contributed by atoms with E-state index in [0.717, 1.165) is 57.8 Å². The Morgan fingerprint density at radius 1 is 0.700 bits per heavy atom. The molecule has 0 aliphatic heterocycles. The van der Waals surface area contributed by atoms with Gasteiger partial charge in [0.1, 0.15) is 0 Å². The van der Waals surface area contributed by atoms with Crippen LogP contribution in [0.2, 0.25) is 0 Å². The molecule has 0 bridgehead atoms. The van der Waals surface area contributed by atoms with Crippen molar-refractivity contribution in [1.82, 2.24) is 0 Å². The van der Waals surface area contributed by atoms with E-state index in [1.54, 1.807) is 0 Å². The van der Waals surface area contributed by atoms with Crippen molar-refractivity contribution in [2.75, 3.05) is 0 Å². The van der Waals surface area contributed by atoms with Gasteiger partial charge in [0.15, 0.2) is 0 Å². The third-order valence-electron chi connectivity index (χ3n) is 3.44. The molecule has 0 radical (unpaired) electrons. The summed E-state index contributed by atoms with van der Waals surface area (Å²) in [6.45, 7) is 2.05. The van der Waals surface area contributed by atoms with E-state index in [9.17, 15) is 9.59 Å². The highest BCUT2D eigenvalue weighted by Crippen LogP contribution is 2.17. The third-order valence-corrected chi connectivity index (χ3v) is 3.44. The molecule has 0 aromatic carbocycles. The summed E-state index contributed by atoms with van der Waals surface area (Å²) in [5.74, 6) is -1.42. The number of unbranched alkanes of at least 4 members (excludes halogenated alkanes) is 5. The number of rotatable bonds is 13. The van der Waals surface area contributed by atoms with E-state index in [1.807, 2.05) is 0 Å². The highest BCUT2D eigenvalue weighted by Gasteiger charge is 2.01. The van der Waals surface area contributed by atoms with Crippen LogP contribution in [0.15, 0.2) is 11.6 Å². The van der Waals surface area contributed by atoms with Gasteiger partial charge in [-0.05, 0) is 45.4 Å². The minimum Gasteiger partial charge on any atom is -0.481 e. The molecule has 0 amide bonds. The molecule has 116 valence electrons. The zero-order chi connectivity index (χ0) is 15.2. The van der Waals surface area contributed by atoms with E-state index in [2.05, 4.69) is 13.0 Å². The Kier molecular flexibility index (Phi) is 11.9. The van der Waals surface area contributed by atoms with Crippen LogP contribution in [0.5, 0.6) is 0 Å². The molecule has 20 heavy (non-hydrogen) atoms. The van der Waals surface area contributed by atoms with Crippen molar-refractivity contribution < 1.29 is 19.8 Å². The lowest BCUT2D eigenvalue weighted by molar-refractivity contribution is -0.138. The normalized spacial score (nSPS) is 11.6. The summed E-state index contributed by atoms with van der Waals surface area (Å²) in [6.07, 6.45) is 11.6. The monoisotopic (exact) mass is 284 g/mol. The van der Waals surface area contributed by atoms with Crippen molar-refractivity contribution in [3.63, 3.8) is 0 Å². The lowest BCUT2D eigenvalue weighted by atomic mass is 10.00. The van der Waals surface area contributed by atoms with E-state index in [1.165, 1.54) is 5.57 Å². The van der Waals surface area contributed by atoms with Crippen LogP contribution in [0, 0.1) is 0 Å². The van der Waals surface area contributed by atoms with E-state index < -0.39 is 11.9 Å². The number of hydrogen-bond acceptors (Lipinski definition) is 2. The first-order chi connectivity index (χ1) is 9.56. The number of carbonyl (C=O) groups is 2. The Hall–Kier alpha value is -1.32. The van der Waals surface area contributed by atoms with Crippen molar-refractivity contribution in [1.29, 1.82) is 0 Å². The van der Waals surface area contributed by atoms with Crippen LogP contribution in [-0.4, -0.2) is 22.2 Å². The second-order valence-corrected chi connectivity index (χ2v) is 5.21. The highest BCUT2D eigenvalue weighted by molar-refractivity contribution is 5.66. The Balaban J connectivity index is 3.48. The molecule has 0 rings (SSSR count). The number of carboxylic acid groups (broad SMARTS) is 2. The van der Waals surface area contributed by atoms with Crippen LogP contribution in [0.3, 0.4) is 0 Å². The van der Waals surface area contributed by atoms with Crippen LogP contribution >= 0.6 is 0 Å². The van der Waals surface area contributed by atoms with Crippen molar-refractivity contribution in [2.24, 2.45) is 0 Å². The fourth-order valence-corrected chi connectivity index (χ4v) is 2.20. The molecule has 4 nitrogen and oxygen atoms in total. The molecule has 0 heterocycles. The molecule has 0 aliphatic carbocycles. The van der Waals surface area contributed by atoms with Crippen molar-refractivity contribution in [2.45, 2.75) is 77.6 Å². The Bertz CT molecular complexity index is 308. The van der Waals surface area contributed by atoms with Gasteiger partial charge in [0.25, 0.3) is 0 Å². The number of aliphatic carboxylic acids is 2. The minimum atomic E-state index is -0.711. The summed E-state index contributed by atoms with van der Waals surface area (Å²) in [5, 5.41) is 17.1. The quantitative estimate of drug-likeness (QED) is 0.388. The van der Waals surface area contributed by atoms with Gasteiger partial charge in [-0.25, -0.2) is 0 Å². The molecule has 0 aromatic rings. The van der Waals surface area contributed by atoms with Crippen LogP contribution in [0.25, 0.3) is 0 Å². The molecule has 0 aliphatic rings. The summed E-state index contributed by atoms with van der Waals surface area (Å²) in [6, 6.07) is 0. The van der Waals surface area contributed by atoms with E-state index >= 15 is 0 Å². The molecule has 0 aromatic heterocycles. The lowest BCUT2D eigenvalue weighted by Gasteiger charge is -2.07. The smallest absolute Gasteiger partial charge is 0.303 e. The molecule has 0 spiro atoms. The number of allylic oxidation sites excluding steroid dienone is 2. The molecule has 4 heteroatoms. The van der Waals surface area contributed by atoms with Crippen molar-refractivity contribution in [3.8, 4) is 0 Å². The van der Waals surface area contributed by atoms with Crippen molar-refractivity contribution >= 4 is 11.9 Å². The molecular weight excluding hydrogens is 256 g/mol. The molecular formula is C16H28O4. The predicted molar refractivity (Wildman–Crippen MR) is 79.8 cm³/mol. The first-order valence-corrected chi connectivity index (χ1v) is 7.64. The molecule has 0 saturated carbocycles. The van der Waals surface area contributed by atoms with Gasteiger partial charge in [-0.15, -0.1) is 0 Å². The summed E-state index contributed by atoms with van der Waals surface area (Å²) in [4.78, 5) is 20.7. The maximum absolute atomic E-state index is 10.4.